The molecule has 0 aromatic heterocycles. The second-order valence-corrected chi connectivity index (χ2v) is 4.44. The SMILES string of the molecule is OCCN1C[C@@H](CO)[C@H](c2ccccc2)C1. The highest BCUT2D eigenvalue weighted by molar-refractivity contribution is 5.22. The molecule has 0 radical (unpaired) electrons. The molecule has 0 saturated carbocycles. The Morgan fingerprint density at radius 3 is 2.50 bits per heavy atom. The number of hydrogen-bond acceptors (Lipinski definition) is 3. The maximum absolute atomic E-state index is 9.39. The zero-order chi connectivity index (χ0) is 11.4. The Morgan fingerprint density at radius 1 is 1.12 bits per heavy atom. The molecular weight excluding hydrogens is 202 g/mol. The van der Waals surface area contributed by atoms with Crippen molar-refractivity contribution in [1.29, 1.82) is 0 Å². The third-order valence-electron chi connectivity index (χ3n) is 3.40. The van der Waals surface area contributed by atoms with Gasteiger partial charge in [0.1, 0.15) is 0 Å². The lowest BCUT2D eigenvalue weighted by molar-refractivity contribution is 0.195. The van der Waals surface area contributed by atoms with Crippen LogP contribution in [-0.4, -0.2) is 48.0 Å². The third kappa shape index (κ3) is 2.43. The minimum atomic E-state index is 0.194. The topological polar surface area (TPSA) is 43.7 Å². The largest absolute Gasteiger partial charge is 0.396 e. The molecule has 2 atom stereocenters. The molecule has 2 N–H and O–H groups in total. The summed E-state index contributed by atoms with van der Waals surface area (Å²) in [5.41, 5.74) is 1.29. The predicted molar refractivity (Wildman–Crippen MR) is 63.3 cm³/mol. The van der Waals surface area contributed by atoms with Crippen LogP contribution < -0.4 is 0 Å². The summed E-state index contributed by atoms with van der Waals surface area (Å²) in [6, 6.07) is 10.3. The number of nitrogens with zero attached hydrogens (tertiary/aromatic N) is 1. The minimum Gasteiger partial charge on any atom is -0.396 e. The third-order valence-corrected chi connectivity index (χ3v) is 3.40. The molecule has 0 amide bonds. The van der Waals surface area contributed by atoms with E-state index in [-0.39, 0.29) is 13.2 Å². The van der Waals surface area contributed by atoms with E-state index in [0.29, 0.717) is 18.4 Å². The van der Waals surface area contributed by atoms with Gasteiger partial charge in [-0.1, -0.05) is 30.3 Å². The van der Waals surface area contributed by atoms with Crippen LogP contribution in [-0.2, 0) is 0 Å². The molecule has 0 bridgehead atoms. The molecule has 1 saturated heterocycles. The highest BCUT2D eigenvalue weighted by atomic mass is 16.3. The number of aliphatic hydroxyl groups excluding tert-OH is 2. The molecule has 0 aliphatic carbocycles. The van der Waals surface area contributed by atoms with E-state index < -0.39 is 0 Å². The Bertz CT molecular complexity index is 315. The van der Waals surface area contributed by atoms with Gasteiger partial charge in [-0.05, 0) is 5.56 Å². The van der Waals surface area contributed by atoms with Gasteiger partial charge < -0.3 is 15.1 Å². The number of β-amino-alcohol motifs (C(OH)–C–C–N with tert-alkyl or cyclic N) is 1. The van der Waals surface area contributed by atoms with E-state index in [9.17, 15) is 5.11 Å². The van der Waals surface area contributed by atoms with E-state index in [1.807, 2.05) is 18.2 Å². The fraction of sp³-hybridized carbons (Fsp3) is 0.538. The van der Waals surface area contributed by atoms with Crippen LogP contribution in [0.1, 0.15) is 11.5 Å². The molecule has 1 aromatic carbocycles. The average Bonchev–Trinajstić information content (AvgIpc) is 2.74. The molecule has 1 heterocycles. The summed E-state index contributed by atoms with van der Waals surface area (Å²) in [6.45, 7) is 2.95. The number of aliphatic hydroxyl groups is 2. The summed E-state index contributed by atoms with van der Waals surface area (Å²) < 4.78 is 0. The van der Waals surface area contributed by atoms with Gasteiger partial charge in [-0.2, -0.15) is 0 Å². The van der Waals surface area contributed by atoms with Gasteiger partial charge in [0.15, 0.2) is 0 Å². The van der Waals surface area contributed by atoms with E-state index >= 15 is 0 Å². The van der Waals surface area contributed by atoms with Crippen molar-refractivity contribution in [2.45, 2.75) is 5.92 Å². The standard InChI is InChI=1S/C13H19NO2/c15-7-6-14-8-12(10-16)13(9-14)11-4-2-1-3-5-11/h1-5,12-13,15-16H,6-10H2/t12-,13-/m0/s1. The maximum Gasteiger partial charge on any atom is 0.0558 e. The van der Waals surface area contributed by atoms with Crippen molar-refractivity contribution in [2.24, 2.45) is 5.92 Å². The van der Waals surface area contributed by atoms with Gasteiger partial charge >= 0.3 is 0 Å². The molecule has 1 aromatic rings. The molecule has 88 valence electrons. The van der Waals surface area contributed by atoms with Gasteiger partial charge in [0.25, 0.3) is 0 Å². The predicted octanol–water partition coefficient (Wildman–Crippen LogP) is 0.687. The summed E-state index contributed by atoms with van der Waals surface area (Å²) in [5, 5.41) is 18.3. The Morgan fingerprint density at radius 2 is 1.88 bits per heavy atom. The Hall–Kier alpha value is -0.900. The lowest BCUT2D eigenvalue weighted by Gasteiger charge is -2.16. The zero-order valence-corrected chi connectivity index (χ0v) is 9.42. The Balaban J connectivity index is 2.09. The van der Waals surface area contributed by atoms with Crippen LogP contribution in [0.15, 0.2) is 30.3 Å². The lowest BCUT2D eigenvalue weighted by atomic mass is 9.90. The Kier molecular flexibility index (Phi) is 3.93. The first kappa shape index (κ1) is 11.6. The fourth-order valence-corrected chi connectivity index (χ4v) is 2.55. The van der Waals surface area contributed by atoms with Gasteiger partial charge in [-0.15, -0.1) is 0 Å². The fourth-order valence-electron chi connectivity index (χ4n) is 2.55. The normalized spacial score (nSPS) is 26.1. The van der Waals surface area contributed by atoms with Crippen LogP contribution in [0.3, 0.4) is 0 Å². The summed E-state index contributed by atoms with van der Waals surface area (Å²) >= 11 is 0. The van der Waals surface area contributed by atoms with Crippen molar-refractivity contribution in [3.63, 3.8) is 0 Å². The van der Waals surface area contributed by atoms with Gasteiger partial charge in [0.05, 0.1) is 6.61 Å². The Labute approximate surface area is 96.3 Å². The first-order chi connectivity index (χ1) is 7.85. The average molecular weight is 221 g/mol. The van der Waals surface area contributed by atoms with E-state index in [4.69, 9.17) is 5.11 Å². The summed E-state index contributed by atoms with van der Waals surface area (Å²) in [4.78, 5) is 2.22. The van der Waals surface area contributed by atoms with Crippen molar-refractivity contribution in [2.75, 3.05) is 32.8 Å². The van der Waals surface area contributed by atoms with Crippen molar-refractivity contribution in [1.82, 2.24) is 4.90 Å². The van der Waals surface area contributed by atoms with E-state index in [1.54, 1.807) is 0 Å². The van der Waals surface area contributed by atoms with Crippen LogP contribution in [0.5, 0.6) is 0 Å². The lowest BCUT2D eigenvalue weighted by Crippen LogP contribution is -2.24. The molecule has 3 nitrogen and oxygen atoms in total. The highest BCUT2D eigenvalue weighted by Gasteiger charge is 2.32. The van der Waals surface area contributed by atoms with Crippen LogP contribution in [0.4, 0.5) is 0 Å². The molecule has 1 aliphatic heterocycles. The van der Waals surface area contributed by atoms with Crippen molar-refractivity contribution in [3.8, 4) is 0 Å². The molecular formula is C13H19NO2. The summed E-state index contributed by atoms with van der Waals surface area (Å²) in [5.74, 6) is 0.701. The van der Waals surface area contributed by atoms with Crippen molar-refractivity contribution < 1.29 is 10.2 Å². The highest BCUT2D eigenvalue weighted by Crippen LogP contribution is 2.31. The first-order valence-electron chi connectivity index (χ1n) is 5.84. The summed E-state index contributed by atoms with van der Waals surface area (Å²) in [6.07, 6.45) is 0. The minimum absolute atomic E-state index is 0.194. The molecule has 3 heteroatoms. The van der Waals surface area contributed by atoms with Crippen LogP contribution in [0, 0.1) is 5.92 Å². The monoisotopic (exact) mass is 221 g/mol. The maximum atomic E-state index is 9.39. The van der Waals surface area contributed by atoms with Gasteiger partial charge in [-0.25, -0.2) is 0 Å². The molecule has 0 unspecified atom stereocenters. The van der Waals surface area contributed by atoms with Crippen LogP contribution >= 0.6 is 0 Å². The quantitative estimate of drug-likeness (QED) is 0.786. The molecule has 2 rings (SSSR count). The molecule has 0 spiro atoms. The smallest absolute Gasteiger partial charge is 0.0558 e. The van der Waals surface area contributed by atoms with Crippen molar-refractivity contribution in [3.05, 3.63) is 35.9 Å². The molecule has 16 heavy (non-hydrogen) atoms. The van der Waals surface area contributed by atoms with E-state index in [1.165, 1.54) is 5.56 Å². The van der Waals surface area contributed by atoms with E-state index in [2.05, 4.69) is 17.0 Å². The second-order valence-electron chi connectivity index (χ2n) is 4.44. The van der Waals surface area contributed by atoms with Crippen molar-refractivity contribution >= 4 is 0 Å². The van der Waals surface area contributed by atoms with Gasteiger partial charge in [0.2, 0.25) is 0 Å². The second kappa shape index (κ2) is 5.43. The molecule has 1 fully saturated rings. The van der Waals surface area contributed by atoms with E-state index in [0.717, 1.165) is 13.1 Å². The summed E-state index contributed by atoms with van der Waals surface area (Å²) in [7, 11) is 0. The first-order valence-corrected chi connectivity index (χ1v) is 5.84. The van der Waals surface area contributed by atoms with Crippen LogP contribution in [0.2, 0.25) is 0 Å². The number of likely N-dealkylation sites (tertiary alicyclic amines) is 1. The number of hydrogen-bond donors (Lipinski definition) is 2. The number of benzene rings is 1. The molecule has 1 aliphatic rings. The van der Waals surface area contributed by atoms with Crippen LogP contribution in [0.25, 0.3) is 0 Å². The van der Waals surface area contributed by atoms with Gasteiger partial charge in [0, 0.05) is 38.1 Å². The van der Waals surface area contributed by atoms with Gasteiger partial charge in [-0.3, -0.25) is 0 Å². The zero-order valence-electron chi connectivity index (χ0n) is 9.42. The number of rotatable bonds is 4.